The number of carbonyl (C=O) groups excluding carboxylic acids is 1. The number of nitrogens with zero attached hydrogens (tertiary/aromatic N) is 3. The van der Waals surface area contributed by atoms with E-state index in [9.17, 15) is 4.79 Å². The number of amides is 1. The van der Waals surface area contributed by atoms with Crippen molar-refractivity contribution >= 4 is 11.6 Å². The molecule has 1 amide bonds. The van der Waals surface area contributed by atoms with Crippen LogP contribution in [0.4, 0.5) is 5.69 Å². The van der Waals surface area contributed by atoms with Gasteiger partial charge in [-0.3, -0.25) is 9.69 Å². The Bertz CT molecular complexity index is 690. The molecule has 1 saturated heterocycles. The highest BCUT2D eigenvalue weighted by Crippen LogP contribution is 2.27. The van der Waals surface area contributed by atoms with Gasteiger partial charge in [-0.1, -0.05) is 6.07 Å². The Balaban J connectivity index is 1.33. The van der Waals surface area contributed by atoms with Crippen LogP contribution < -0.4 is 10.2 Å². The Morgan fingerprint density at radius 1 is 1.07 bits per heavy atom. The van der Waals surface area contributed by atoms with E-state index in [2.05, 4.69) is 47.2 Å². The number of nitriles is 1. The van der Waals surface area contributed by atoms with Crippen LogP contribution in [0.15, 0.2) is 18.2 Å². The number of nitrogens with one attached hydrogen (secondary N) is 1. The molecule has 1 heterocycles. The summed E-state index contributed by atoms with van der Waals surface area (Å²) in [7, 11) is 0. The van der Waals surface area contributed by atoms with Crippen molar-refractivity contribution in [2.24, 2.45) is 5.92 Å². The minimum absolute atomic E-state index is 0.0386. The number of hydrogen-bond donors (Lipinski definition) is 1. The fourth-order valence-corrected chi connectivity index (χ4v) is 4.79. The number of carbonyl (C=O) groups is 1. The number of hydrogen-bond acceptors (Lipinski definition) is 4. The lowest BCUT2D eigenvalue weighted by Crippen LogP contribution is -2.47. The molecule has 0 unspecified atom stereocenters. The van der Waals surface area contributed by atoms with Crippen molar-refractivity contribution in [3.05, 3.63) is 29.3 Å². The highest BCUT2D eigenvalue weighted by atomic mass is 16.1. The van der Waals surface area contributed by atoms with Crippen LogP contribution in [0.2, 0.25) is 0 Å². The van der Waals surface area contributed by atoms with Crippen molar-refractivity contribution < 1.29 is 4.79 Å². The molecule has 29 heavy (non-hydrogen) atoms. The molecule has 1 aliphatic carbocycles. The predicted molar refractivity (Wildman–Crippen MR) is 118 cm³/mol. The summed E-state index contributed by atoms with van der Waals surface area (Å²) in [6.07, 6.45) is 6.53. The van der Waals surface area contributed by atoms with Gasteiger partial charge in [-0.15, -0.1) is 0 Å². The van der Waals surface area contributed by atoms with Crippen LogP contribution in [-0.4, -0.2) is 49.6 Å². The van der Waals surface area contributed by atoms with Gasteiger partial charge in [0.1, 0.15) is 0 Å². The first-order valence-electron chi connectivity index (χ1n) is 11.3. The molecule has 158 valence electrons. The number of benzene rings is 1. The fraction of sp³-hybridized carbons (Fsp3) is 0.667. The molecule has 2 fully saturated rings. The third-order valence-corrected chi connectivity index (χ3v) is 6.47. The summed E-state index contributed by atoms with van der Waals surface area (Å²) in [5.74, 6) is 0.830. The second-order valence-electron chi connectivity index (χ2n) is 8.91. The molecule has 0 spiro atoms. The van der Waals surface area contributed by atoms with Crippen LogP contribution in [0.5, 0.6) is 0 Å². The first kappa shape index (κ1) is 21.6. The predicted octanol–water partition coefficient (Wildman–Crippen LogP) is 3.79. The molecule has 1 aromatic rings. The smallest absolute Gasteiger partial charge is 0.221 e. The molecule has 0 radical (unpaired) electrons. The number of anilines is 1. The Morgan fingerprint density at radius 3 is 2.34 bits per heavy atom. The average molecular weight is 397 g/mol. The van der Waals surface area contributed by atoms with Crippen LogP contribution in [0.1, 0.15) is 56.1 Å². The molecule has 3 rings (SSSR count). The van der Waals surface area contributed by atoms with Gasteiger partial charge >= 0.3 is 0 Å². The van der Waals surface area contributed by atoms with Crippen molar-refractivity contribution in [2.75, 3.05) is 37.6 Å². The fourth-order valence-electron chi connectivity index (χ4n) is 4.79. The lowest BCUT2D eigenvalue weighted by molar-refractivity contribution is -0.122. The minimum atomic E-state index is 0.0386. The Hall–Kier alpha value is -2.06. The largest absolute Gasteiger partial charge is 0.369 e. The van der Waals surface area contributed by atoms with Gasteiger partial charge < -0.3 is 10.2 Å². The molecule has 1 N–H and O–H groups in total. The summed E-state index contributed by atoms with van der Waals surface area (Å²) in [6, 6.07) is 9.21. The third-order valence-electron chi connectivity index (χ3n) is 6.47. The van der Waals surface area contributed by atoms with Gasteiger partial charge in [0.05, 0.1) is 6.07 Å². The van der Waals surface area contributed by atoms with E-state index in [0.717, 1.165) is 44.9 Å². The maximum absolute atomic E-state index is 11.8. The normalized spacial score (nSPS) is 22.9. The van der Waals surface area contributed by atoms with Gasteiger partial charge in [0.15, 0.2) is 0 Å². The number of rotatable bonds is 7. The Labute approximate surface area is 176 Å². The zero-order chi connectivity index (χ0) is 20.6. The molecular weight excluding hydrogens is 360 g/mol. The van der Waals surface area contributed by atoms with Gasteiger partial charge in [-0.05, 0) is 81.7 Å². The van der Waals surface area contributed by atoms with E-state index in [1.807, 2.05) is 6.07 Å². The van der Waals surface area contributed by atoms with Crippen molar-refractivity contribution in [1.29, 1.82) is 5.26 Å². The lowest BCUT2D eigenvalue weighted by atomic mass is 9.84. The molecule has 5 nitrogen and oxygen atoms in total. The van der Waals surface area contributed by atoms with Gasteiger partial charge in [0.25, 0.3) is 0 Å². The molecular formula is C24H36N4O. The maximum atomic E-state index is 11.8. The topological polar surface area (TPSA) is 59.4 Å². The molecule has 1 aliphatic heterocycles. The van der Waals surface area contributed by atoms with E-state index in [4.69, 9.17) is 5.26 Å². The monoisotopic (exact) mass is 396 g/mol. The van der Waals surface area contributed by atoms with Gasteiger partial charge in [0, 0.05) is 50.7 Å². The highest BCUT2D eigenvalue weighted by molar-refractivity contribution is 5.76. The van der Waals surface area contributed by atoms with Crippen molar-refractivity contribution in [2.45, 2.75) is 64.8 Å². The Morgan fingerprint density at radius 2 is 1.72 bits per heavy atom. The Kier molecular flexibility index (Phi) is 7.94. The quantitative estimate of drug-likeness (QED) is 0.762. The first-order valence-corrected chi connectivity index (χ1v) is 11.3. The maximum Gasteiger partial charge on any atom is 0.221 e. The van der Waals surface area contributed by atoms with E-state index < -0.39 is 0 Å². The number of aryl methyl sites for hydroxylation is 2. The second kappa shape index (κ2) is 10.6. The van der Waals surface area contributed by atoms with E-state index in [-0.39, 0.29) is 5.91 Å². The summed E-state index contributed by atoms with van der Waals surface area (Å²) < 4.78 is 0. The van der Waals surface area contributed by atoms with Crippen molar-refractivity contribution in [1.82, 2.24) is 10.2 Å². The van der Waals surface area contributed by atoms with Crippen LogP contribution in [0, 0.1) is 31.1 Å². The zero-order valence-corrected chi connectivity index (χ0v) is 18.1. The summed E-state index contributed by atoms with van der Waals surface area (Å²) >= 11 is 0. The lowest BCUT2D eigenvalue weighted by Gasteiger charge is -2.37. The van der Waals surface area contributed by atoms with Crippen LogP contribution in [0.3, 0.4) is 0 Å². The van der Waals surface area contributed by atoms with E-state index in [0.29, 0.717) is 18.9 Å². The summed E-state index contributed by atoms with van der Waals surface area (Å²) in [5, 5.41) is 11.7. The molecule has 0 aromatic heterocycles. The van der Waals surface area contributed by atoms with Crippen LogP contribution in [-0.2, 0) is 4.79 Å². The minimum Gasteiger partial charge on any atom is -0.369 e. The van der Waals surface area contributed by atoms with Crippen LogP contribution >= 0.6 is 0 Å². The summed E-state index contributed by atoms with van der Waals surface area (Å²) in [6.45, 7) is 10.1. The molecule has 5 heteroatoms. The third kappa shape index (κ3) is 6.75. The average Bonchev–Trinajstić information content (AvgIpc) is 2.71. The highest BCUT2D eigenvalue weighted by Gasteiger charge is 2.24. The molecule has 2 aliphatic rings. The van der Waals surface area contributed by atoms with E-state index >= 15 is 0 Å². The number of piperazine rings is 1. The molecule has 1 aromatic carbocycles. The van der Waals surface area contributed by atoms with Crippen LogP contribution in [0.25, 0.3) is 0 Å². The SMILES string of the molecule is Cc1cc(C)cc(N2CCN(CC[C@H]3CC[C@H](NC(=O)CCC#N)CC3)CC2)c1. The van der Waals surface area contributed by atoms with Crippen molar-refractivity contribution in [3.63, 3.8) is 0 Å². The van der Waals surface area contributed by atoms with Crippen molar-refractivity contribution in [3.8, 4) is 6.07 Å². The van der Waals surface area contributed by atoms with Gasteiger partial charge in [0.2, 0.25) is 5.91 Å². The van der Waals surface area contributed by atoms with Gasteiger partial charge in [-0.2, -0.15) is 5.26 Å². The molecule has 0 atom stereocenters. The van der Waals surface area contributed by atoms with E-state index in [1.54, 1.807) is 0 Å². The van der Waals surface area contributed by atoms with Gasteiger partial charge in [-0.25, -0.2) is 0 Å². The second-order valence-corrected chi connectivity index (χ2v) is 8.91. The molecule has 1 saturated carbocycles. The molecule has 0 bridgehead atoms. The first-order chi connectivity index (χ1) is 14.0. The summed E-state index contributed by atoms with van der Waals surface area (Å²) in [5.41, 5.74) is 4.07. The summed E-state index contributed by atoms with van der Waals surface area (Å²) in [4.78, 5) is 16.9. The zero-order valence-electron chi connectivity index (χ0n) is 18.1. The standard InChI is InChI=1S/C24H36N4O/c1-19-16-20(2)18-23(17-19)28-14-12-27(13-15-28)11-9-21-5-7-22(8-6-21)26-24(29)4-3-10-25/h16-18,21-22H,3-9,11-15H2,1-2H3,(H,26,29)/t21-,22-. The van der Waals surface area contributed by atoms with E-state index in [1.165, 1.54) is 42.6 Å².